The second kappa shape index (κ2) is 6.09. The van der Waals surface area contributed by atoms with Crippen molar-refractivity contribution in [2.75, 3.05) is 30.4 Å². The molecule has 3 N–H and O–H groups in total. The Morgan fingerprint density at radius 1 is 1.60 bits per heavy atom. The number of amides is 1. The quantitative estimate of drug-likeness (QED) is 0.851. The summed E-state index contributed by atoms with van der Waals surface area (Å²) in [6, 6.07) is 1.55. The van der Waals surface area contributed by atoms with Gasteiger partial charge in [-0.15, -0.1) is 0 Å². The van der Waals surface area contributed by atoms with Gasteiger partial charge in [-0.25, -0.2) is 4.98 Å². The van der Waals surface area contributed by atoms with E-state index < -0.39 is 0 Å². The fourth-order valence-corrected chi connectivity index (χ4v) is 2.16. The number of anilines is 2. The van der Waals surface area contributed by atoms with Gasteiger partial charge in [0.1, 0.15) is 11.9 Å². The molecule has 0 bridgehead atoms. The standard InChI is InChI=1S/C14H22N4O2/c1-9(2)17-14(19)12-8-20-5-4-18(12)13-6-11(15)10(3)7-16-13/h6-7,9,12H,4-5,8H2,1-3H3,(H2,15,16)(H,17,19). The van der Waals surface area contributed by atoms with E-state index in [0.29, 0.717) is 25.4 Å². The van der Waals surface area contributed by atoms with Crippen LogP contribution >= 0.6 is 0 Å². The number of nitrogens with zero attached hydrogens (tertiary/aromatic N) is 2. The number of carbonyl (C=O) groups is 1. The van der Waals surface area contributed by atoms with E-state index >= 15 is 0 Å². The highest BCUT2D eigenvalue weighted by molar-refractivity contribution is 5.85. The van der Waals surface area contributed by atoms with Gasteiger partial charge in [-0.3, -0.25) is 4.79 Å². The van der Waals surface area contributed by atoms with Crippen molar-refractivity contribution in [1.29, 1.82) is 0 Å². The second-order valence-electron chi connectivity index (χ2n) is 5.35. The van der Waals surface area contributed by atoms with Crippen LogP contribution < -0.4 is 16.0 Å². The molecule has 0 aliphatic carbocycles. The van der Waals surface area contributed by atoms with Crippen molar-refractivity contribution in [2.24, 2.45) is 0 Å². The third-order valence-corrected chi connectivity index (χ3v) is 3.29. The molecule has 1 aliphatic rings. The summed E-state index contributed by atoms with van der Waals surface area (Å²) in [6.45, 7) is 7.37. The largest absolute Gasteiger partial charge is 0.398 e. The summed E-state index contributed by atoms with van der Waals surface area (Å²) in [5, 5.41) is 2.92. The molecule has 1 saturated heterocycles. The Morgan fingerprint density at radius 3 is 3.00 bits per heavy atom. The summed E-state index contributed by atoms with van der Waals surface area (Å²) in [5.41, 5.74) is 7.55. The topological polar surface area (TPSA) is 80.5 Å². The van der Waals surface area contributed by atoms with E-state index in [1.54, 1.807) is 6.20 Å². The molecule has 0 radical (unpaired) electrons. The zero-order valence-corrected chi connectivity index (χ0v) is 12.2. The molecule has 2 rings (SSSR count). The number of hydrogen-bond acceptors (Lipinski definition) is 5. The molecule has 6 nitrogen and oxygen atoms in total. The van der Waals surface area contributed by atoms with Crippen molar-refractivity contribution in [3.63, 3.8) is 0 Å². The summed E-state index contributed by atoms with van der Waals surface area (Å²) >= 11 is 0. The monoisotopic (exact) mass is 278 g/mol. The van der Waals surface area contributed by atoms with Gasteiger partial charge in [0.25, 0.3) is 0 Å². The van der Waals surface area contributed by atoms with Crippen LogP contribution in [-0.4, -0.2) is 42.7 Å². The molecule has 2 heterocycles. The van der Waals surface area contributed by atoms with E-state index in [-0.39, 0.29) is 18.0 Å². The summed E-state index contributed by atoms with van der Waals surface area (Å²) in [6.07, 6.45) is 1.73. The summed E-state index contributed by atoms with van der Waals surface area (Å²) in [7, 11) is 0. The third-order valence-electron chi connectivity index (χ3n) is 3.29. The van der Waals surface area contributed by atoms with E-state index in [2.05, 4.69) is 10.3 Å². The van der Waals surface area contributed by atoms with Crippen LogP contribution in [0.4, 0.5) is 11.5 Å². The van der Waals surface area contributed by atoms with Crippen molar-refractivity contribution in [3.8, 4) is 0 Å². The average Bonchev–Trinajstić information content (AvgIpc) is 2.41. The van der Waals surface area contributed by atoms with Gasteiger partial charge in [0.15, 0.2) is 0 Å². The predicted molar refractivity (Wildman–Crippen MR) is 78.6 cm³/mol. The van der Waals surface area contributed by atoms with Crippen molar-refractivity contribution < 1.29 is 9.53 Å². The SMILES string of the molecule is Cc1cnc(N2CCOCC2C(=O)NC(C)C)cc1N. The molecule has 1 aliphatic heterocycles. The molecule has 20 heavy (non-hydrogen) atoms. The Balaban J connectivity index is 2.21. The van der Waals surface area contributed by atoms with E-state index in [1.165, 1.54) is 0 Å². The molecule has 1 aromatic rings. The molecule has 1 unspecified atom stereocenters. The number of pyridine rings is 1. The fourth-order valence-electron chi connectivity index (χ4n) is 2.16. The molecule has 1 fully saturated rings. The van der Waals surface area contributed by atoms with Gasteiger partial charge in [-0.1, -0.05) is 0 Å². The van der Waals surface area contributed by atoms with Crippen molar-refractivity contribution in [2.45, 2.75) is 32.9 Å². The van der Waals surface area contributed by atoms with Crippen molar-refractivity contribution in [3.05, 3.63) is 17.8 Å². The minimum atomic E-state index is -0.360. The zero-order valence-electron chi connectivity index (χ0n) is 12.2. The number of aryl methyl sites for hydroxylation is 1. The number of rotatable bonds is 3. The van der Waals surface area contributed by atoms with Gasteiger partial charge in [0.05, 0.1) is 13.2 Å². The van der Waals surface area contributed by atoms with E-state index in [9.17, 15) is 4.79 Å². The smallest absolute Gasteiger partial charge is 0.245 e. The molecule has 1 amide bonds. The van der Waals surface area contributed by atoms with E-state index in [1.807, 2.05) is 31.7 Å². The second-order valence-corrected chi connectivity index (χ2v) is 5.35. The summed E-state index contributed by atoms with van der Waals surface area (Å²) < 4.78 is 5.43. The van der Waals surface area contributed by atoms with Crippen LogP contribution in [0.1, 0.15) is 19.4 Å². The minimum absolute atomic E-state index is 0.0411. The maximum absolute atomic E-state index is 12.3. The van der Waals surface area contributed by atoms with E-state index in [4.69, 9.17) is 10.5 Å². The zero-order chi connectivity index (χ0) is 14.7. The molecule has 110 valence electrons. The first kappa shape index (κ1) is 14.6. The van der Waals surface area contributed by atoms with Gasteiger partial charge >= 0.3 is 0 Å². The third kappa shape index (κ3) is 3.19. The average molecular weight is 278 g/mol. The molecular weight excluding hydrogens is 256 g/mol. The number of nitrogen functional groups attached to an aromatic ring is 1. The highest BCUT2D eigenvalue weighted by Gasteiger charge is 2.30. The minimum Gasteiger partial charge on any atom is -0.398 e. The van der Waals surface area contributed by atoms with Crippen LogP contribution in [0, 0.1) is 6.92 Å². The molecule has 0 saturated carbocycles. The first-order valence-corrected chi connectivity index (χ1v) is 6.86. The maximum atomic E-state index is 12.3. The van der Waals surface area contributed by atoms with Crippen molar-refractivity contribution in [1.82, 2.24) is 10.3 Å². The lowest BCUT2D eigenvalue weighted by atomic mass is 10.1. The number of nitrogens with one attached hydrogen (secondary N) is 1. The van der Waals surface area contributed by atoms with Gasteiger partial charge < -0.3 is 20.7 Å². The highest BCUT2D eigenvalue weighted by Crippen LogP contribution is 2.21. The molecular formula is C14H22N4O2. The molecule has 1 aromatic heterocycles. The number of aromatic nitrogens is 1. The summed E-state index contributed by atoms with van der Waals surface area (Å²) in [5.74, 6) is 0.681. The number of ether oxygens (including phenoxy) is 1. The number of morpholine rings is 1. The van der Waals surface area contributed by atoms with Crippen LogP contribution in [0.5, 0.6) is 0 Å². The van der Waals surface area contributed by atoms with Gasteiger partial charge in [0.2, 0.25) is 5.91 Å². The Labute approximate surface area is 119 Å². The Bertz CT molecular complexity index is 490. The Hall–Kier alpha value is -1.82. The van der Waals surface area contributed by atoms with Crippen LogP contribution in [0.25, 0.3) is 0 Å². The highest BCUT2D eigenvalue weighted by atomic mass is 16.5. The van der Waals surface area contributed by atoms with Crippen molar-refractivity contribution >= 4 is 17.4 Å². The van der Waals surface area contributed by atoms with E-state index in [0.717, 1.165) is 11.4 Å². The molecule has 0 spiro atoms. The predicted octanol–water partition coefficient (Wildman–Crippen LogP) is 0.702. The lowest BCUT2D eigenvalue weighted by Crippen LogP contribution is -2.55. The van der Waals surface area contributed by atoms with Crippen LogP contribution in [0.2, 0.25) is 0 Å². The molecule has 1 atom stereocenters. The maximum Gasteiger partial charge on any atom is 0.245 e. The number of hydrogen-bond donors (Lipinski definition) is 2. The lowest BCUT2D eigenvalue weighted by molar-refractivity contribution is -0.125. The van der Waals surface area contributed by atoms with Gasteiger partial charge in [-0.2, -0.15) is 0 Å². The van der Waals surface area contributed by atoms with Crippen LogP contribution in [0.15, 0.2) is 12.3 Å². The van der Waals surface area contributed by atoms with Crippen LogP contribution in [-0.2, 0) is 9.53 Å². The Kier molecular flexibility index (Phi) is 4.44. The first-order valence-electron chi connectivity index (χ1n) is 6.86. The fraction of sp³-hybridized carbons (Fsp3) is 0.571. The number of nitrogens with two attached hydrogens (primary N) is 1. The van der Waals surface area contributed by atoms with Crippen LogP contribution in [0.3, 0.4) is 0 Å². The number of carbonyl (C=O) groups excluding carboxylic acids is 1. The Morgan fingerprint density at radius 2 is 2.35 bits per heavy atom. The molecule has 0 aromatic carbocycles. The summed E-state index contributed by atoms with van der Waals surface area (Å²) in [4.78, 5) is 18.6. The molecule has 6 heteroatoms. The normalized spacial score (nSPS) is 19.2. The lowest BCUT2D eigenvalue weighted by Gasteiger charge is -2.36. The first-order chi connectivity index (χ1) is 9.49. The van der Waals surface area contributed by atoms with Gasteiger partial charge in [-0.05, 0) is 26.3 Å². The van der Waals surface area contributed by atoms with Gasteiger partial charge in [0, 0.05) is 30.5 Å².